The van der Waals surface area contributed by atoms with E-state index < -0.39 is 0 Å². The lowest BCUT2D eigenvalue weighted by molar-refractivity contribution is 0.0984. The van der Waals surface area contributed by atoms with Crippen molar-refractivity contribution < 1.29 is 4.79 Å². The molecular formula is C20H13ClIN3OS. The summed E-state index contributed by atoms with van der Waals surface area (Å²) in [7, 11) is 0. The average Bonchev–Trinajstić information content (AvgIpc) is 3.12. The van der Waals surface area contributed by atoms with Gasteiger partial charge in [0.2, 0.25) is 0 Å². The predicted molar refractivity (Wildman–Crippen MR) is 119 cm³/mol. The summed E-state index contributed by atoms with van der Waals surface area (Å²) in [6, 6.07) is 18.8. The fraction of sp³-hybridized carbons (Fsp3) is 0.0500. The first-order chi connectivity index (χ1) is 13.1. The smallest absolute Gasteiger partial charge is 0.261 e. The van der Waals surface area contributed by atoms with E-state index in [1.807, 2.05) is 54.6 Å². The molecule has 0 saturated carbocycles. The fourth-order valence-electron chi connectivity index (χ4n) is 2.68. The van der Waals surface area contributed by atoms with E-state index in [1.165, 1.54) is 11.3 Å². The molecule has 0 saturated heterocycles. The highest BCUT2D eigenvalue weighted by Crippen LogP contribution is 2.34. The Morgan fingerprint density at radius 3 is 2.63 bits per heavy atom. The van der Waals surface area contributed by atoms with Crippen molar-refractivity contribution in [2.24, 2.45) is 0 Å². The molecule has 27 heavy (non-hydrogen) atoms. The first-order valence-corrected chi connectivity index (χ1v) is 10.4. The Hall–Kier alpha value is -2.03. The molecule has 2 aromatic carbocycles. The molecule has 0 aliphatic carbocycles. The molecule has 134 valence electrons. The van der Waals surface area contributed by atoms with Crippen molar-refractivity contribution >= 4 is 66.8 Å². The summed E-state index contributed by atoms with van der Waals surface area (Å²) >= 11 is 9.91. The van der Waals surface area contributed by atoms with Gasteiger partial charge in [-0.3, -0.25) is 14.7 Å². The molecule has 7 heteroatoms. The number of para-hydroxylation sites is 1. The molecule has 0 spiro atoms. The third-order valence-electron chi connectivity index (χ3n) is 3.99. The van der Waals surface area contributed by atoms with Crippen molar-refractivity contribution in [1.29, 1.82) is 0 Å². The molecule has 0 bridgehead atoms. The summed E-state index contributed by atoms with van der Waals surface area (Å²) in [5.74, 6) is -0.110. The standard InChI is InChI=1S/C20H13ClIN3OS/c21-15-8-5-10-17-18(15)24-20(27-17)25(12-13-6-3-4-11-23-13)19(26)14-7-1-2-9-16(14)22/h1-11H,12H2. The number of nitrogens with zero attached hydrogens (tertiary/aromatic N) is 3. The number of rotatable bonds is 4. The minimum atomic E-state index is -0.110. The van der Waals surface area contributed by atoms with Gasteiger partial charge in [-0.1, -0.05) is 47.2 Å². The molecule has 4 aromatic rings. The van der Waals surface area contributed by atoms with Crippen LogP contribution in [0.3, 0.4) is 0 Å². The molecule has 0 unspecified atom stereocenters. The van der Waals surface area contributed by atoms with Crippen LogP contribution in [0.4, 0.5) is 5.13 Å². The molecule has 4 rings (SSSR count). The van der Waals surface area contributed by atoms with Crippen molar-refractivity contribution in [2.45, 2.75) is 6.54 Å². The molecule has 0 N–H and O–H groups in total. The van der Waals surface area contributed by atoms with E-state index in [2.05, 4.69) is 32.6 Å². The number of carbonyl (C=O) groups excluding carboxylic acids is 1. The van der Waals surface area contributed by atoms with Crippen LogP contribution in [0.15, 0.2) is 66.9 Å². The third kappa shape index (κ3) is 3.83. The average molecular weight is 506 g/mol. The van der Waals surface area contributed by atoms with Gasteiger partial charge < -0.3 is 0 Å². The number of hydrogen-bond acceptors (Lipinski definition) is 4. The lowest BCUT2D eigenvalue weighted by Crippen LogP contribution is -2.31. The van der Waals surface area contributed by atoms with E-state index in [0.717, 1.165) is 14.0 Å². The van der Waals surface area contributed by atoms with Crippen LogP contribution < -0.4 is 4.90 Å². The normalized spacial score (nSPS) is 10.9. The van der Waals surface area contributed by atoms with Crippen LogP contribution in [0.25, 0.3) is 10.2 Å². The SMILES string of the molecule is O=C(c1ccccc1I)N(Cc1ccccn1)c1nc2c(Cl)cccc2s1. The summed E-state index contributed by atoms with van der Waals surface area (Å²) in [6.07, 6.45) is 1.72. The number of thiazole rings is 1. The van der Waals surface area contributed by atoms with E-state index in [1.54, 1.807) is 17.2 Å². The van der Waals surface area contributed by atoms with Gasteiger partial charge in [0.1, 0.15) is 5.52 Å². The number of fused-ring (bicyclic) bond motifs is 1. The van der Waals surface area contributed by atoms with Crippen LogP contribution in [0.1, 0.15) is 16.1 Å². The van der Waals surface area contributed by atoms with Gasteiger partial charge in [-0.15, -0.1) is 0 Å². The quantitative estimate of drug-likeness (QED) is 0.330. The van der Waals surface area contributed by atoms with Crippen molar-refractivity contribution in [3.8, 4) is 0 Å². The van der Waals surface area contributed by atoms with Gasteiger partial charge in [0.05, 0.1) is 27.5 Å². The van der Waals surface area contributed by atoms with Gasteiger partial charge >= 0.3 is 0 Å². The molecule has 0 atom stereocenters. The number of hydrogen-bond donors (Lipinski definition) is 0. The summed E-state index contributed by atoms with van der Waals surface area (Å²) in [6.45, 7) is 0.335. The highest BCUT2D eigenvalue weighted by atomic mass is 127. The number of carbonyl (C=O) groups is 1. The number of aromatic nitrogens is 2. The zero-order valence-corrected chi connectivity index (χ0v) is 17.7. The monoisotopic (exact) mass is 505 g/mol. The van der Waals surface area contributed by atoms with Crippen LogP contribution in [0.2, 0.25) is 5.02 Å². The molecule has 0 fully saturated rings. The second kappa shape index (κ2) is 7.92. The van der Waals surface area contributed by atoms with Gasteiger partial charge in [0, 0.05) is 9.77 Å². The van der Waals surface area contributed by atoms with Crippen molar-refractivity contribution in [3.05, 3.63) is 86.7 Å². The predicted octanol–water partition coefficient (Wildman–Crippen LogP) is 5.80. The van der Waals surface area contributed by atoms with Crippen molar-refractivity contribution in [1.82, 2.24) is 9.97 Å². The van der Waals surface area contributed by atoms with E-state index in [0.29, 0.717) is 27.8 Å². The minimum absolute atomic E-state index is 0.110. The Balaban J connectivity index is 1.81. The maximum Gasteiger partial charge on any atom is 0.261 e. The molecular weight excluding hydrogens is 493 g/mol. The maximum absolute atomic E-state index is 13.4. The number of halogens is 2. The zero-order valence-electron chi connectivity index (χ0n) is 14.0. The second-order valence-corrected chi connectivity index (χ2v) is 8.35. The van der Waals surface area contributed by atoms with E-state index in [4.69, 9.17) is 11.6 Å². The van der Waals surface area contributed by atoms with Gasteiger partial charge in [-0.25, -0.2) is 4.98 Å². The Morgan fingerprint density at radius 1 is 1.07 bits per heavy atom. The van der Waals surface area contributed by atoms with Gasteiger partial charge in [0.15, 0.2) is 5.13 Å². The summed E-state index contributed by atoms with van der Waals surface area (Å²) in [5, 5.41) is 1.18. The number of benzene rings is 2. The fourth-order valence-corrected chi connectivity index (χ4v) is 4.56. The van der Waals surface area contributed by atoms with Gasteiger partial charge in [0.25, 0.3) is 5.91 Å². The van der Waals surface area contributed by atoms with Gasteiger partial charge in [-0.2, -0.15) is 0 Å². The van der Waals surface area contributed by atoms with E-state index in [-0.39, 0.29) is 5.91 Å². The van der Waals surface area contributed by atoms with Crippen molar-refractivity contribution in [3.63, 3.8) is 0 Å². The molecule has 2 heterocycles. The van der Waals surface area contributed by atoms with E-state index >= 15 is 0 Å². The Morgan fingerprint density at radius 2 is 1.89 bits per heavy atom. The summed E-state index contributed by atoms with van der Waals surface area (Å²) in [5.41, 5.74) is 2.14. The number of pyridine rings is 1. The van der Waals surface area contributed by atoms with Crippen LogP contribution >= 0.6 is 45.5 Å². The van der Waals surface area contributed by atoms with Crippen LogP contribution in [0, 0.1) is 3.57 Å². The van der Waals surface area contributed by atoms with E-state index in [9.17, 15) is 4.79 Å². The lowest BCUT2D eigenvalue weighted by Gasteiger charge is -2.20. The van der Waals surface area contributed by atoms with Crippen LogP contribution in [-0.4, -0.2) is 15.9 Å². The first-order valence-electron chi connectivity index (χ1n) is 8.15. The Bertz CT molecular complexity index is 1120. The third-order valence-corrected chi connectivity index (χ3v) is 6.27. The topological polar surface area (TPSA) is 46.1 Å². The number of amides is 1. The minimum Gasteiger partial charge on any atom is -0.278 e. The molecule has 4 nitrogen and oxygen atoms in total. The van der Waals surface area contributed by atoms with Crippen LogP contribution in [0.5, 0.6) is 0 Å². The maximum atomic E-state index is 13.4. The lowest BCUT2D eigenvalue weighted by atomic mass is 10.2. The highest BCUT2D eigenvalue weighted by Gasteiger charge is 2.24. The largest absolute Gasteiger partial charge is 0.278 e. The van der Waals surface area contributed by atoms with Gasteiger partial charge in [-0.05, 0) is 59.0 Å². The molecule has 1 amide bonds. The Kier molecular flexibility index (Phi) is 5.38. The molecule has 0 radical (unpaired) electrons. The second-order valence-electron chi connectivity index (χ2n) is 5.78. The highest BCUT2D eigenvalue weighted by molar-refractivity contribution is 14.1. The summed E-state index contributed by atoms with van der Waals surface area (Å²) < 4.78 is 1.84. The zero-order chi connectivity index (χ0) is 18.8. The molecule has 0 aliphatic heterocycles. The molecule has 0 aliphatic rings. The first kappa shape index (κ1) is 18.3. The number of anilines is 1. The summed E-state index contributed by atoms with van der Waals surface area (Å²) in [4.78, 5) is 24.0. The Labute approximate surface area is 179 Å². The van der Waals surface area contributed by atoms with Crippen LogP contribution in [-0.2, 0) is 6.54 Å². The van der Waals surface area contributed by atoms with Crippen molar-refractivity contribution in [2.75, 3.05) is 4.90 Å². The molecule has 2 aromatic heterocycles.